The molecule has 0 saturated carbocycles. The number of hydrogen-bond acceptors (Lipinski definition) is 2. The van der Waals surface area contributed by atoms with E-state index in [0.717, 1.165) is 5.56 Å². The summed E-state index contributed by atoms with van der Waals surface area (Å²) in [6.07, 6.45) is 9.90. The van der Waals surface area contributed by atoms with E-state index in [2.05, 4.69) is 4.98 Å². The minimum absolute atomic E-state index is 0.448. The highest BCUT2D eigenvalue weighted by Crippen LogP contribution is 1.97. The van der Waals surface area contributed by atoms with Crippen LogP contribution in [0.2, 0.25) is 0 Å². The van der Waals surface area contributed by atoms with Crippen LogP contribution in [0.1, 0.15) is 5.56 Å². The van der Waals surface area contributed by atoms with Crippen LogP contribution in [0, 0.1) is 0 Å². The number of allylic oxidation sites excluding steroid dienone is 2. The molecule has 0 aliphatic rings. The van der Waals surface area contributed by atoms with E-state index in [1.54, 1.807) is 24.5 Å². The highest BCUT2D eigenvalue weighted by atomic mass is 16.1. The Hall–Kier alpha value is -1.90. The van der Waals surface area contributed by atoms with Gasteiger partial charge in [0.15, 0.2) is 0 Å². The molecule has 0 aromatic carbocycles. The lowest BCUT2D eigenvalue weighted by atomic mass is 10.2. The quantitative estimate of drug-likeness (QED) is 0.551. The van der Waals surface area contributed by atoms with E-state index in [4.69, 9.17) is 5.73 Å². The molecule has 0 aliphatic carbocycles. The maximum atomic E-state index is 10.3. The number of rotatable bonds is 3. The number of nitrogens with two attached hydrogens (primary N) is 1. The van der Waals surface area contributed by atoms with Gasteiger partial charge in [0.2, 0.25) is 5.91 Å². The predicted octanol–water partition coefficient (Wildman–Crippen LogP) is 1.14. The van der Waals surface area contributed by atoms with Gasteiger partial charge in [-0.3, -0.25) is 9.78 Å². The van der Waals surface area contributed by atoms with Crippen LogP contribution < -0.4 is 5.73 Å². The van der Waals surface area contributed by atoms with E-state index in [9.17, 15) is 4.79 Å². The van der Waals surface area contributed by atoms with Crippen molar-refractivity contribution in [3.05, 3.63) is 48.3 Å². The third-order valence-corrected chi connectivity index (χ3v) is 1.34. The van der Waals surface area contributed by atoms with Gasteiger partial charge in [0.25, 0.3) is 0 Å². The summed E-state index contributed by atoms with van der Waals surface area (Å²) in [7, 11) is 0. The third kappa shape index (κ3) is 3.86. The zero-order valence-electron chi connectivity index (χ0n) is 7.05. The number of carbonyl (C=O) groups is 1. The molecule has 1 rings (SSSR count). The normalized spacial score (nSPS) is 11.1. The van der Waals surface area contributed by atoms with Crippen molar-refractivity contribution in [2.24, 2.45) is 5.73 Å². The number of amides is 1. The smallest absolute Gasteiger partial charge is 0.241 e. The van der Waals surface area contributed by atoms with Crippen LogP contribution in [-0.2, 0) is 4.79 Å². The number of primary amides is 1. The first-order chi connectivity index (χ1) is 6.29. The van der Waals surface area contributed by atoms with E-state index in [1.807, 2.05) is 18.2 Å². The van der Waals surface area contributed by atoms with Gasteiger partial charge in [0.1, 0.15) is 0 Å². The molecule has 2 N–H and O–H groups in total. The fourth-order valence-electron chi connectivity index (χ4n) is 0.792. The Bertz CT molecular complexity index is 328. The second kappa shape index (κ2) is 4.87. The Kier molecular flexibility index (Phi) is 3.45. The average Bonchev–Trinajstić information content (AvgIpc) is 2.14. The first-order valence-electron chi connectivity index (χ1n) is 3.83. The van der Waals surface area contributed by atoms with Crippen LogP contribution >= 0.6 is 0 Å². The van der Waals surface area contributed by atoms with Gasteiger partial charge in [0, 0.05) is 18.5 Å². The maximum absolute atomic E-state index is 10.3. The third-order valence-electron chi connectivity index (χ3n) is 1.34. The van der Waals surface area contributed by atoms with Gasteiger partial charge in [-0.1, -0.05) is 24.3 Å². The number of nitrogens with zero attached hydrogens (tertiary/aromatic N) is 1. The van der Waals surface area contributed by atoms with Crippen molar-refractivity contribution in [2.45, 2.75) is 0 Å². The molecular formula is C10H10N2O. The molecule has 0 fully saturated rings. The lowest BCUT2D eigenvalue weighted by Gasteiger charge is -1.87. The van der Waals surface area contributed by atoms with Crippen molar-refractivity contribution in [3.63, 3.8) is 0 Å². The van der Waals surface area contributed by atoms with Crippen molar-refractivity contribution < 1.29 is 4.79 Å². The van der Waals surface area contributed by atoms with Gasteiger partial charge in [-0.25, -0.2) is 0 Å². The van der Waals surface area contributed by atoms with Crippen molar-refractivity contribution >= 4 is 12.0 Å². The van der Waals surface area contributed by atoms with Crippen LogP contribution in [0.15, 0.2) is 42.8 Å². The Labute approximate surface area is 76.6 Å². The van der Waals surface area contributed by atoms with Gasteiger partial charge >= 0.3 is 0 Å². The molecule has 1 aromatic rings. The van der Waals surface area contributed by atoms with Crippen LogP contribution in [0.4, 0.5) is 0 Å². The van der Waals surface area contributed by atoms with Crippen molar-refractivity contribution in [1.29, 1.82) is 0 Å². The fraction of sp³-hybridized carbons (Fsp3) is 0. The summed E-state index contributed by atoms with van der Waals surface area (Å²) in [6.45, 7) is 0. The first-order valence-corrected chi connectivity index (χ1v) is 3.83. The fourth-order valence-corrected chi connectivity index (χ4v) is 0.792. The Morgan fingerprint density at radius 1 is 1.46 bits per heavy atom. The highest BCUT2D eigenvalue weighted by molar-refractivity contribution is 5.86. The van der Waals surface area contributed by atoms with Crippen molar-refractivity contribution in [3.8, 4) is 0 Å². The molecule has 0 spiro atoms. The van der Waals surface area contributed by atoms with Crippen LogP contribution in [0.25, 0.3) is 6.08 Å². The van der Waals surface area contributed by atoms with E-state index in [-0.39, 0.29) is 0 Å². The number of hydrogen-bond donors (Lipinski definition) is 1. The lowest BCUT2D eigenvalue weighted by Crippen LogP contribution is -2.04. The minimum atomic E-state index is -0.448. The molecular weight excluding hydrogens is 164 g/mol. The summed E-state index contributed by atoms with van der Waals surface area (Å²) in [5.74, 6) is -0.448. The lowest BCUT2D eigenvalue weighted by molar-refractivity contribution is -0.113. The zero-order valence-corrected chi connectivity index (χ0v) is 7.05. The number of pyridine rings is 1. The van der Waals surface area contributed by atoms with E-state index in [1.165, 1.54) is 6.08 Å². The van der Waals surface area contributed by atoms with Crippen molar-refractivity contribution in [1.82, 2.24) is 4.98 Å². The molecule has 13 heavy (non-hydrogen) atoms. The molecule has 0 saturated heterocycles. The Balaban J connectivity index is 2.55. The van der Waals surface area contributed by atoms with Crippen LogP contribution in [0.3, 0.4) is 0 Å². The summed E-state index contributed by atoms with van der Waals surface area (Å²) in [5, 5.41) is 0. The van der Waals surface area contributed by atoms with Crippen molar-refractivity contribution in [2.75, 3.05) is 0 Å². The average molecular weight is 174 g/mol. The molecule has 3 nitrogen and oxygen atoms in total. The van der Waals surface area contributed by atoms with E-state index >= 15 is 0 Å². The standard InChI is InChI=1S/C10H10N2O/c11-10(13)6-2-1-4-9-5-3-7-12-8-9/h1-8H,(H2,11,13)/b4-1+,6-2-. The summed E-state index contributed by atoms with van der Waals surface area (Å²) < 4.78 is 0. The van der Waals surface area contributed by atoms with Crippen LogP contribution in [0.5, 0.6) is 0 Å². The predicted molar refractivity (Wildman–Crippen MR) is 51.6 cm³/mol. The molecule has 0 radical (unpaired) electrons. The molecule has 66 valence electrons. The second-order valence-electron chi connectivity index (χ2n) is 2.41. The second-order valence-corrected chi connectivity index (χ2v) is 2.41. The molecule has 0 bridgehead atoms. The summed E-state index contributed by atoms with van der Waals surface area (Å²) in [5.41, 5.74) is 5.88. The SMILES string of the molecule is NC(=O)/C=C\C=C\c1cccnc1. The summed E-state index contributed by atoms with van der Waals surface area (Å²) in [4.78, 5) is 14.2. The molecule has 0 aliphatic heterocycles. The minimum Gasteiger partial charge on any atom is -0.366 e. The topological polar surface area (TPSA) is 56.0 Å². The monoisotopic (exact) mass is 174 g/mol. The Morgan fingerprint density at radius 3 is 2.92 bits per heavy atom. The summed E-state index contributed by atoms with van der Waals surface area (Å²) >= 11 is 0. The van der Waals surface area contributed by atoms with Crippen LogP contribution in [-0.4, -0.2) is 10.9 Å². The molecule has 1 amide bonds. The molecule has 3 heteroatoms. The van der Waals surface area contributed by atoms with Gasteiger partial charge < -0.3 is 5.73 Å². The van der Waals surface area contributed by atoms with Gasteiger partial charge in [-0.15, -0.1) is 0 Å². The zero-order chi connectivity index (χ0) is 9.52. The molecule has 0 atom stereocenters. The molecule has 1 aromatic heterocycles. The number of aromatic nitrogens is 1. The summed E-state index contributed by atoms with van der Waals surface area (Å²) in [6, 6.07) is 3.76. The van der Waals surface area contributed by atoms with E-state index in [0.29, 0.717) is 0 Å². The maximum Gasteiger partial charge on any atom is 0.241 e. The first kappa shape index (κ1) is 9.19. The molecule has 0 unspecified atom stereocenters. The number of carbonyl (C=O) groups excluding carboxylic acids is 1. The van der Waals surface area contributed by atoms with E-state index < -0.39 is 5.91 Å². The van der Waals surface area contributed by atoms with Gasteiger partial charge in [0.05, 0.1) is 0 Å². The molecule has 1 heterocycles. The van der Waals surface area contributed by atoms with Gasteiger partial charge in [-0.05, 0) is 11.6 Å². The Morgan fingerprint density at radius 2 is 2.31 bits per heavy atom. The largest absolute Gasteiger partial charge is 0.366 e. The highest BCUT2D eigenvalue weighted by Gasteiger charge is 1.81. The van der Waals surface area contributed by atoms with Gasteiger partial charge in [-0.2, -0.15) is 0 Å².